The Morgan fingerprint density at radius 3 is 1.14 bits per heavy atom. The van der Waals surface area contributed by atoms with E-state index in [2.05, 4.69) is 52.8 Å². The first-order valence-corrected chi connectivity index (χ1v) is 38.7. The fourth-order valence-electron chi connectivity index (χ4n) is 12.0. The number of amides is 3. The van der Waals surface area contributed by atoms with Crippen molar-refractivity contribution >= 4 is 40.4 Å². The summed E-state index contributed by atoms with van der Waals surface area (Å²) in [6, 6.07) is 89.1. The van der Waals surface area contributed by atoms with Gasteiger partial charge >= 0.3 is 0 Å². The Kier molecular flexibility index (Phi) is 29.7. The molecule has 3 amide bonds. The molecule has 0 unspecified atom stereocenters. The number of pyridine rings is 3. The van der Waals surface area contributed by atoms with Crippen LogP contribution in [0.3, 0.4) is 0 Å². The third kappa shape index (κ3) is 24.9. The van der Waals surface area contributed by atoms with E-state index in [1.54, 1.807) is 39.9 Å². The number of rotatable bonds is 32. The van der Waals surface area contributed by atoms with E-state index < -0.39 is 0 Å². The van der Waals surface area contributed by atoms with E-state index in [4.69, 9.17) is 28.4 Å². The molecule has 0 aliphatic rings. The number of nitrogens with zero attached hydrogens (tertiary/aromatic N) is 7. The Morgan fingerprint density at radius 1 is 0.378 bits per heavy atom. The maximum absolute atomic E-state index is 13.8. The van der Waals surface area contributed by atoms with Gasteiger partial charge in [-0.1, -0.05) is 209 Å². The number of thiazole rings is 1. The molecule has 18 heteroatoms. The monoisotopic (exact) mass is 1520 g/mol. The van der Waals surface area contributed by atoms with Gasteiger partial charge in [0.25, 0.3) is 11.8 Å². The number of aromatic nitrogens is 4. The molecule has 0 spiro atoms. The Hall–Kier alpha value is -12.3. The number of carbonyl (C=O) groups excluding carboxylic acids is 3. The van der Waals surface area contributed by atoms with Crippen LogP contribution in [0.5, 0.6) is 34.5 Å². The summed E-state index contributed by atoms with van der Waals surface area (Å²) >= 11 is 2.99. The molecule has 566 valence electrons. The zero-order valence-electron chi connectivity index (χ0n) is 63.6. The van der Waals surface area contributed by atoms with Crippen LogP contribution in [0.4, 0.5) is 0 Å². The second-order valence-corrected chi connectivity index (χ2v) is 29.4. The van der Waals surface area contributed by atoms with Crippen molar-refractivity contribution in [2.45, 2.75) is 85.9 Å². The first-order valence-electron chi connectivity index (χ1n) is 37.0. The minimum atomic E-state index is -0.118. The number of benzene rings is 8. The molecule has 13 rings (SSSR count). The summed E-state index contributed by atoms with van der Waals surface area (Å²) in [6.07, 6.45) is 7.85. The number of ether oxygens (including phenoxy) is 6. The topological polar surface area (TPSA) is 168 Å². The fraction of sp³-hybridized carbons (Fsp3) is 0.215. The SMILES string of the molecule is COc1cc(CN(CCc2ccccn2)C(=O)CC(C)(C)C)ccc1OCc1ccccc1.COc1cc(CN(CCc2ccccn2)C(=O)c2ccc(-c3ccccc3)s2)ccc1OCc1ccccc1.COc1cc(CN(CCc2ccccn2)C(=O)c2csc(-c3ccccc3)n2)ccc1OCc1ccccc1. The summed E-state index contributed by atoms with van der Waals surface area (Å²) in [5.41, 5.74) is 11.5. The lowest BCUT2D eigenvalue weighted by Crippen LogP contribution is -2.35. The summed E-state index contributed by atoms with van der Waals surface area (Å²) in [7, 11) is 4.90. The second-order valence-electron chi connectivity index (χ2n) is 27.4. The Morgan fingerprint density at radius 2 is 0.748 bits per heavy atom. The summed E-state index contributed by atoms with van der Waals surface area (Å²) in [5, 5.41) is 2.66. The van der Waals surface area contributed by atoms with Gasteiger partial charge in [0.15, 0.2) is 34.5 Å². The normalized spacial score (nSPS) is 10.8. The summed E-state index contributed by atoms with van der Waals surface area (Å²) in [4.78, 5) is 65.9. The van der Waals surface area contributed by atoms with Gasteiger partial charge < -0.3 is 43.1 Å². The lowest BCUT2D eigenvalue weighted by molar-refractivity contribution is -0.133. The third-order valence-electron chi connectivity index (χ3n) is 17.8. The van der Waals surface area contributed by atoms with E-state index in [1.807, 2.05) is 281 Å². The molecule has 0 fully saturated rings. The van der Waals surface area contributed by atoms with Gasteiger partial charge in [-0.15, -0.1) is 22.7 Å². The number of hydrogen-bond donors (Lipinski definition) is 0. The molecule has 13 aromatic rings. The van der Waals surface area contributed by atoms with Crippen molar-refractivity contribution in [2.75, 3.05) is 41.0 Å². The molecule has 8 aromatic carbocycles. The van der Waals surface area contributed by atoms with Crippen molar-refractivity contribution in [2.24, 2.45) is 5.41 Å². The molecule has 0 aliphatic carbocycles. The number of methoxy groups -OCH3 is 3. The average molecular weight is 1520 g/mol. The van der Waals surface area contributed by atoms with E-state index in [0.717, 1.165) is 71.5 Å². The third-order valence-corrected chi connectivity index (χ3v) is 19.8. The lowest BCUT2D eigenvalue weighted by atomic mass is 9.91. The highest BCUT2D eigenvalue weighted by Gasteiger charge is 2.25. The van der Waals surface area contributed by atoms with Crippen LogP contribution in [0, 0.1) is 5.41 Å². The molecular formula is C93H93N7O9S2. The van der Waals surface area contributed by atoms with Crippen LogP contribution in [-0.4, -0.2) is 93.3 Å². The second kappa shape index (κ2) is 41.4. The van der Waals surface area contributed by atoms with Crippen molar-refractivity contribution in [3.63, 3.8) is 0 Å². The molecule has 0 N–H and O–H groups in total. The van der Waals surface area contributed by atoms with Crippen molar-refractivity contribution in [1.82, 2.24) is 34.6 Å². The average Bonchev–Trinajstić information content (AvgIpc) is 1.25. The van der Waals surface area contributed by atoms with E-state index in [1.165, 1.54) is 22.7 Å². The minimum Gasteiger partial charge on any atom is -0.493 e. The van der Waals surface area contributed by atoms with E-state index in [9.17, 15) is 14.4 Å². The number of hydrogen-bond acceptors (Lipinski definition) is 15. The highest BCUT2D eigenvalue weighted by molar-refractivity contribution is 7.17. The van der Waals surface area contributed by atoms with Gasteiger partial charge in [-0.2, -0.15) is 0 Å². The van der Waals surface area contributed by atoms with Crippen molar-refractivity contribution in [1.29, 1.82) is 0 Å². The Labute approximate surface area is 659 Å². The van der Waals surface area contributed by atoms with Gasteiger partial charge in [-0.3, -0.25) is 29.3 Å². The van der Waals surface area contributed by atoms with Crippen LogP contribution in [0.1, 0.15) is 97.8 Å². The molecule has 5 heterocycles. The van der Waals surface area contributed by atoms with Crippen LogP contribution in [0.25, 0.3) is 21.0 Å². The molecule has 0 aliphatic heterocycles. The van der Waals surface area contributed by atoms with Gasteiger partial charge in [0.05, 0.1) is 26.2 Å². The van der Waals surface area contributed by atoms with Crippen LogP contribution in [0.15, 0.2) is 297 Å². The molecule has 0 saturated heterocycles. The van der Waals surface area contributed by atoms with Crippen molar-refractivity contribution in [3.8, 4) is 55.5 Å². The van der Waals surface area contributed by atoms with E-state index in [-0.39, 0.29) is 23.1 Å². The smallest absolute Gasteiger partial charge is 0.273 e. The highest BCUT2D eigenvalue weighted by Crippen LogP contribution is 2.35. The van der Waals surface area contributed by atoms with Crippen LogP contribution in [0.2, 0.25) is 0 Å². The van der Waals surface area contributed by atoms with Crippen molar-refractivity contribution < 1.29 is 42.8 Å². The lowest BCUT2D eigenvalue weighted by Gasteiger charge is -2.27. The van der Waals surface area contributed by atoms with Gasteiger partial charge in [0.2, 0.25) is 5.91 Å². The van der Waals surface area contributed by atoms with E-state index >= 15 is 0 Å². The van der Waals surface area contributed by atoms with Gasteiger partial charge in [-0.05, 0) is 129 Å². The maximum atomic E-state index is 13.8. The molecule has 111 heavy (non-hydrogen) atoms. The first-order chi connectivity index (χ1) is 54.2. The maximum Gasteiger partial charge on any atom is 0.273 e. The fourth-order valence-corrected chi connectivity index (χ4v) is 13.8. The quantitative estimate of drug-likeness (QED) is 0.0391. The first kappa shape index (κ1) is 79.8. The highest BCUT2D eigenvalue weighted by atomic mass is 32.1. The Balaban J connectivity index is 0.000000166. The zero-order valence-corrected chi connectivity index (χ0v) is 65.2. The molecule has 0 atom stereocenters. The predicted octanol–water partition coefficient (Wildman–Crippen LogP) is 19.6. The Bertz CT molecular complexity index is 4750. The predicted molar refractivity (Wildman–Crippen MR) is 441 cm³/mol. The van der Waals surface area contributed by atoms with Gasteiger partial charge in [0.1, 0.15) is 30.5 Å². The molecule has 0 saturated carbocycles. The molecule has 16 nitrogen and oxygen atoms in total. The van der Waals surface area contributed by atoms with Crippen molar-refractivity contribution in [3.05, 3.63) is 358 Å². The van der Waals surface area contributed by atoms with Crippen LogP contribution >= 0.6 is 22.7 Å². The largest absolute Gasteiger partial charge is 0.493 e. The number of thiophene rings is 1. The summed E-state index contributed by atoms with van der Waals surface area (Å²) in [5.74, 6) is 3.97. The molecule has 5 aromatic heterocycles. The van der Waals surface area contributed by atoms with E-state index in [0.29, 0.717) is 130 Å². The van der Waals surface area contributed by atoms with Gasteiger partial charge in [-0.25, -0.2) is 4.98 Å². The summed E-state index contributed by atoms with van der Waals surface area (Å²) in [6.45, 7) is 10.6. The minimum absolute atomic E-state index is 0.00137. The summed E-state index contributed by atoms with van der Waals surface area (Å²) < 4.78 is 34.9. The zero-order chi connectivity index (χ0) is 77.4. The molecule has 0 bridgehead atoms. The van der Waals surface area contributed by atoms with Crippen LogP contribution < -0.4 is 28.4 Å². The number of carbonyl (C=O) groups is 3. The standard InChI is InChI=1S/C33H30N2O3S.C32H29N3O3S.C28H34N2O3/c1-37-30-22-26(15-16-29(30)38-24-25-10-4-2-5-11-25)23-35(21-19-28-14-8-9-20-34-28)33(36)32-18-17-31(39-32)27-12-6-3-7-13-27;1-37-30-20-25(15-16-29(30)38-22-24-10-4-2-5-11-24)21-35(19-17-27-14-8-9-18-33-27)32(36)28-23-39-31(34-28)26-12-6-3-7-13-26;1-28(2,3)19-27(31)30(17-15-24-12-8-9-16-29-24)20-23-13-14-25(26(18-23)32-4)33-21-22-10-6-5-7-11-22/h2-18,20,22H,19,21,23-24H2,1H3;2-16,18,20,23H,17,19,21-22H2,1H3;5-14,16,18H,15,17,19-21H2,1-4H3. The van der Waals surface area contributed by atoms with Crippen LogP contribution in [-0.2, 0) is 63.5 Å². The van der Waals surface area contributed by atoms with Gasteiger partial charge in [0, 0.05) is 116 Å². The molecule has 0 radical (unpaired) electrons. The molecular weight excluding hydrogens is 1420 g/mol.